The minimum atomic E-state index is -4.93. The molecule has 1 saturated carbocycles. The van der Waals surface area contributed by atoms with Crippen molar-refractivity contribution in [2.24, 2.45) is 5.73 Å². The zero-order chi connectivity index (χ0) is 24.2. The molecule has 33 heavy (non-hydrogen) atoms. The quantitative estimate of drug-likeness (QED) is 0.444. The number of aliphatic hydroxyl groups is 1. The number of aliphatic hydroxyl groups excluding tert-OH is 1. The fourth-order valence-electron chi connectivity index (χ4n) is 3.87. The normalized spacial score (nSPS) is 20.8. The number of halogens is 4. The number of rotatable bonds is 7. The Morgan fingerprint density at radius 1 is 1.21 bits per heavy atom. The van der Waals surface area contributed by atoms with E-state index in [0.717, 1.165) is 25.0 Å². The van der Waals surface area contributed by atoms with Gasteiger partial charge in [0.25, 0.3) is 0 Å². The number of nitrogens with two attached hydrogens (primary N) is 1. The van der Waals surface area contributed by atoms with Crippen LogP contribution in [0.25, 0.3) is 0 Å². The first-order valence-electron chi connectivity index (χ1n) is 10.6. The molecule has 1 aliphatic heterocycles. The monoisotopic (exact) mass is 477 g/mol. The summed E-state index contributed by atoms with van der Waals surface area (Å²) >= 11 is 0. The van der Waals surface area contributed by atoms with Crippen LogP contribution in [0.4, 0.5) is 27.2 Å². The highest BCUT2D eigenvalue weighted by Crippen LogP contribution is 2.31. The van der Waals surface area contributed by atoms with Gasteiger partial charge in [0.05, 0.1) is 12.6 Å². The Balaban J connectivity index is 1.63. The van der Waals surface area contributed by atoms with Crippen LogP contribution in [0.1, 0.15) is 24.8 Å². The van der Waals surface area contributed by atoms with E-state index in [-0.39, 0.29) is 56.0 Å². The van der Waals surface area contributed by atoms with Crippen LogP contribution in [0.5, 0.6) is 5.75 Å². The number of nitrogens with zero attached hydrogens (tertiary/aromatic N) is 2. The minimum Gasteiger partial charge on any atom is -0.406 e. The summed E-state index contributed by atoms with van der Waals surface area (Å²) in [5.74, 6) is -1.63. The molecule has 1 aromatic rings. The highest BCUT2D eigenvalue weighted by atomic mass is 19.4. The van der Waals surface area contributed by atoms with Crippen molar-refractivity contribution in [3.63, 3.8) is 0 Å². The van der Waals surface area contributed by atoms with E-state index >= 15 is 0 Å². The number of benzene rings is 1. The van der Waals surface area contributed by atoms with Gasteiger partial charge in [-0.15, -0.1) is 13.2 Å². The number of carbonyl (C=O) groups is 2. The zero-order valence-corrected chi connectivity index (χ0v) is 17.8. The standard InChI is InChI=1S/C20H27F4N5O4/c21-17-8-16(33-20(22,23)24)4-1-12(17)9-27-19(32)29(14-2-3-14)15-7-13(25)10-28(11-15)18(31)26-5-6-30/h1,4,8,13-15,30H,2-3,5-7,9-11,25H2,(H,26,31)(H,27,32)/t13-,15?/m0/s1. The minimum absolute atomic E-state index is 0.000949. The molecule has 5 N–H and O–H groups in total. The van der Waals surface area contributed by atoms with Gasteiger partial charge in [0, 0.05) is 49.9 Å². The average Bonchev–Trinajstić information content (AvgIpc) is 3.55. The van der Waals surface area contributed by atoms with Crippen molar-refractivity contribution in [2.45, 2.75) is 50.3 Å². The van der Waals surface area contributed by atoms with Gasteiger partial charge in [0.2, 0.25) is 0 Å². The third-order valence-corrected chi connectivity index (χ3v) is 5.39. The molecule has 2 fully saturated rings. The molecule has 0 spiro atoms. The maximum Gasteiger partial charge on any atom is 0.573 e. The molecule has 184 valence electrons. The smallest absolute Gasteiger partial charge is 0.406 e. The van der Waals surface area contributed by atoms with Gasteiger partial charge in [-0.3, -0.25) is 0 Å². The van der Waals surface area contributed by atoms with E-state index in [4.69, 9.17) is 10.8 Å². The summed E-state index contributed by atoms with van der Waals surface area (Å²) in [5, 5.41) is 14.1. The summed E-state index contributed by atoms with van der Waals surface area (Å²) < 4.78 is 54.7. The second kappa shape index (κ2) is 10.4. The van der Waals surface area contributed by atoms with E-state index in [1.807, 2.05) is 0 Å². The number of likely N-dealkylation sites (tertiary alicyclic amines) is 1. The van der Waals surface area contributed by atoms with Gasteiger partial charge in [-0.2, -0.15) is 0 Å². The van der Waals surface area contributed by atoms with E-state index in [2.05, 4.69) is 15.4 Å². The molecule has 2 aliphatic rings. The fraction of sp³-hybridized carbons (Fsp3) is 0.600. The molecule has 0 aromatic heterocycles. The van der Waals surface area contributed by atoms with Crippen LogP contribution in [-0.4, -0.2) is 77.7 Å². The number of hydrogen-bond acceptors (Lipinski definition) is 5. The molecule has 9 nitrogen and oxygen atoms in total. The average molecular weight is 477 g/mol. The maximum atomic E-state index is 14.2. The second-order valence-corrected chi connectivity index (χ2v) is 8.11. The number of alkyl halides is 3. The van der Waals surface area contributed by atoms with Crippen LogP contribution in [0.3, 0.4) is 0 Å². The highest BCUT2D eigenvalue weighted by Gasteiger charge is 2.41. The molecule has 0 radical (unpaired) electrons. The topological polar surface area (TPSA) is 120 Å². The van der Waals surface area contributed by atoms with E-state index in [1.165, 1.54) is 4.90 Å². The van der Waals surface area contributed by atoms with Crippen LogP contribution in [0, 0.1) is 5.82 Å². The largest absolute Gasteiger partial charge is 0.573 e. The van der Waals surface area contributed by atoms with Crippen molar-refractivity contribution < 1.29 is 37.0 Å². The van der Waals surface area contributed by atoms with Gasteiger partial charge in [-0.25, -0.2) is 14.0 Å². The molecular weight excluding hydrogens is 450 g/mol. The van der Waals surface area contributed by atoms with Crippen LogP contribution in [-0.2, 0) is 6.54 Å². The second-order valence-electron chi connectivity index (χ2n) is 8.11. The van der Waals surface area contributed by atoms with Crippen molar-refractivity contribution in [2.75, 3.05) is 26.2 Å². The lowest BCUT2D eigenvalue weighted by molar-refractivity contribution is -0.274. The molecule has 2 atom stereocenters. The van der Waals surface area contributed by atoms with Crippen molar-refractivity contribution in [3.8, 4) is 5.75 Å². The lowest BCUT2D eigenvalue weighted by Crippen LogP contribution is -2.61. The van der Waals surface area contributed by atoms with E-state index in [9.17, 15) is 27.2 Å². The Labute approximate surface area is 187 Å². The first-order chi connectivity index (χ1) is 15.6. The van der Waals surface area contributed by atoms with Gasteiger partial charge in [0.15, 0.2) is 0 Å². The fourth-order valence-corrected chi connectivity index (χ4v) is 3.87. The van der Waals surface area contributed by atoms with Crippen molar-refractivity contribution in [3.05, 3.63) is 29.6 Å². The van der Waals surface area contributed by atoms with E-state index in [0.29, 0.717) is 19.0 Å². The summed E-state index contributed by atoms with van der Waals surface area (Å²) in [7, 11) is 0. The number of piperidine rings is 1. The SMILES string of the molecule is N[C@H]1CC(N(C(=O)NCc2ccc(OC(F)(F)F)cc2F)C2CC2)CN(C(=O)NCCO)C1. The van der Waals surface area contributed by atoms with Crippen molar-refractivity contribution in [1.82, 2.24) is 20.4 Å². The van der Waals surface area contributed by atoms with Gasteiger partial charge < -0.3 is 36.0 Å². The van der Waals surface area contributed by atoms with Crippen molar-refractivity contribution in [1.29, 1.82) is 0 Å². The molecule has 1 unspecified atom stereocenters. The molecule has 3 rings (SSSR count). The lowest BCUT2D eigenvalue weighted by Gasteiger charge is -2.41. The summed E-state index contributed by atoms with van der Waals surface area (Å²) in [4.78, 5) is 28.4. The highest BCUT2D eigenvalue weighted by molar-refractivity contribution is 5.76. The van der Waals surface area contributed by atoms with Crippen LogP contribution in [0.2, 0.25) is 0 Å². The summed E-state index contributed by atoms with van der Waals surface area (Å²) in [6.07, 6.45) is -2.89. The molecule has 1 aromatic carbocycles. The number of hydrogen-bond donors (Lipinski definition) is 4. The number of ether oxygens (including phenoxy) is 1. The summed E-state index contributed by atoms with van der Waals surface area (Å²) in [6.45, 7) is 0.226. The van der Waals surface area contributed by atoms with Crippen LogP contribution < -0.4 is 21.1 Å². The molecule has 13 heteroatoms. The Hall–Kier alpha value is -2.80. The predicted octanol–water partition coefficient (Wildman–Crippen LogP) is 1.50. The lowest BCUT2D eigenvalue weighted by atomic mass is 10.00. The summed E-state index contributed by atoms with van der Waals surface area (Å²) in [5.41, 5.74) is 6.11. The summed E-state index contributed by atoms with van der Waals surface area (Å²) in [6, 6.07) is 1.10. The Kier molecular flexibility index (Phi) is 7.84. The molecule has 1 saturated heterocycles. The van der Waals surface area contributed by atoms with Crippen LogP contribution >= 0.6 is 0 Å². The Bertz CT molecular complexity index is 852. The van der Waals surface area contributed by atoms with Gasteiger partial charge in [-0.1, -0.05) is 6.07 Å². The van der Waals surface area contributed by atoms with Crippen molar-refractivity contribution >= 4 is 12.1 Å². The maximum absolute atomic E-state index is 14.2. The predicted molar refractivity (Wildman–Crippen MR) is 109 cm³/mol. The van der Waals surface area contributed by atoms with Crippen LogP contribution in [0.15, 0.2) is 18.2 Å². The number of amides is 4. The van der Waals surface area contributed by atoms with Gasteiger partial charge >= 0.3 is 18.4 Å². The number of urea groups is 2. The molecule has 1 aliphatic carbocycles. The van der Waals surface area contributed by atoms with E-state index in [1.54, 1.807) is 4.90 Å². The Morgan fingerprint density at radius 2 is 1.94 bits per heavy atom. The first kappa shape index (κ1) is 24.8. The van der Waals surface area contributed by atoms with Gasteiger partial charge in [0.1, 0.15) is 11.6 Å². The zero-order valence-electron chi connectivity index (χ0n) is 17.8. The third kappa shape index (κ3) is 7.09. The van der Waals surface area contributed by atoms with Gasteiger partial charge in [-0.05, 0) is 25.3 Å². The Morgan fingerprint density at radius 3 is 2.55 bits per heavy atom. The molecule has 4 amide bonds. The third-order valence-electron chi connectivity index (χ3n) is 5.39. The number of nitrogens with one attached hydrogen (secondary N) is 2. The molecular formula is C20H27F4N5O4. The number of carbonyl (C=O) groups excluding carboxylic acids is 2. The molecule has 1 heterocycles. The first-order valence-corrected chi connectivity index (χ1v) is 10.6. The molecule has 0 bridgehead atoms. The van der Waals surface area contributed by atoms with E-state index < -0.39 is 24.0 Å².